The number of benzene rings is 1. The number of aromatic nitrogens is 5. The minimum absolute atomic E-state index is 0.00204. The van der Waals surface area contributed by atoms with Gasteiger partial charge < -0.3 is 16.0 Å². The lowest BCUT2D eigenvalue weighted by atomic mass is 9.80. The molecule has 46 heavy (non-hydrogen) atoms. The van der Waals surface area contributed by atoms with Gasteiger partial charge in [0, 0.05) is 37.9 Å². The van der Waals surface area contributed by atoms with E-state index in [1.54, 1.807) is 0 Å². The van der Waals surface area contributed by atoms with Crippen LogP contribution in [0.15, 0.2) is 30.5 Å². The number of pyridine rings is 1. The highest BCUT2D eigenvalue weighted by Crippen LogP contribution is 2.37. The van der Waals surface area contributed by atoms with Crippen molar-refractivity contribution in [3.63, 3.8) is 0 Å². The van der Waals surface area contributed by atoms with E-state index in [1.165, 1.54) is 7.05 Å². The molecule has 0 radical (unpaired) electrons. The Morgan fingerprint density at radius 2 is 1.46 bits per heavy atom. The Labute approximate surface area is 259 Å². The van der Waals surface area contributed by atoms with Crippen molar-refractivity contribution in [2.45, 2.75) is 70.1 Å². The molecule has 3 N–H and O–H groups in total. The number of aryl methyl sites for hydroxylation is 1. The zero-order valence-electron chi connectivity index (χ0n) is 25.0. The maximum atomic E-state index is 13.7. The maximum absolute atomic E-state index is 13.7. The maximum Gasteiger partial charge on any atom is 0.417 e. The van der Waals surface area contributed by atoms with Gasteiger partial charge in [0.2, 0.25) is 0 Å². The average molecular weight is 667 g/mol. The standard InChI is InChI=1S/C29H35F9N8/c1-45-43-26(42-44-45)46(16-20-10-22(27(30,31)32)13-23(11-20)28(33,34)35)17-21-12-24(29(36,37)38)15-41-25(21)7-9-40-14-19-4-2-18(3-5-19)6-8-39/h10-13,15,18-19,40H,2-9,14,16-17,39H2,1H3/t18-,19-. The lowest BCUT2D eigenvalue weighted by molar-refractivity contribution is -0.143. The molecule has 1 saturated carbocycles. The summed E-state index contributed by atoms with van der Waals surface area (Å²) in [5.74, 6) is 0.879. The molecule has 1 fully saturated rings. The van der Waals surface area contributed by atoms with Crippen LogP contribution in [0.1, 0.15) is 65.6 Å². The fourth-order valence-corrected chi connectivity index (χ4v) is 5.66. The minimum atomic E-state index is -5.08. The molecule has 3 aromatic rings. The molecule has 2 aromatic heterocycles. The average Bonchev–Trinajstić information content (AvgIpc) is 3.41. The highest BCUT2D eigenvalue weighted by Gasteiger charge is 2.37. The summed E-state index contributed by atoms with van der Waals surface area (Å²) in [6.07, 6.45) is -8.71. The molecule has 0 amide bonds. The Morgan fingerprint density at radius 3 is 2.00 bits per heavy atom. The third kappa shape index (κ3) is 9.77. The van der Waals surface area contributed by atoms with Gasteiger partial charge in [0.15, 0.2) is 0 Å². The number of alkyl halides is 9. The van der Waals surface area contributed by atoms with Crippen molar-refractivity contribution in [2.75, 3.05) is 24.5 Å². The van der Waals surface area contributed by atoms with Gasteiger partial charge in [-0.3, -0.25) is 4.98 Å². The van der Waals surface area contributed by atoms with Gasteiger partial charge in [-0.25, -0.2) is 0 Å². The summed E-state index contributed by atoms with van der Waals surface area (Å²) in [7, 11) is 1.38. The molecule has 0 spiro atoms. The zero-order valence-corrected chi connectivity index (χ0v) is 25.0. The van der Waals surface area contributed by atoms with Gasteiger partial charge in [0.05, 0.1) is 23.7 Å². The molecule has 0 saturated heterocycles. The molecule has 0 unspecified atom stereocenters. The Kier molecular flexibility index (Phi) is 11.2. The minimum Gasteiger partial charge on any atom is -0.330 e. The number of rotatable bonds is 12. The second-order valence-electron chi connectivity index (χ2n) is 11.6. The van der Waals surface area contributed by atoms with Crippen LogP contribution in [0.5, 0.6) is 0 Å². The summed E-state index contributed by atoms with van der Waals surface area (Å²) in [4.78, 5) is 6.23. The van der Waals surface area contributed by atoms with Crippen molar-refractivity contribution in [1.82, 2.24) is 30.5 Å². The first-order valence-corrected chi connectivity index (χ1v) is 14.8. The lowest BCUT2D eigenvalue weighted by Gasteiger charge is -2.28. The smallest absolute Gasteiger partial charge is 0.330 e. The van der Waals surface area contributed by atoms with Gasteiger partial charge in [0.25, 0.3) is 5.95 Å². The van der Waals surface area contributed by atoms with Crippen LogP contribution >= 0.6 is 0 Å². The number of hydrogen-bond acceptors (Lipinski definition) is 7. The number of tetrazole rings is 1. The molecular formula is C29H35F9N8. The van der Waals surface area contributed by atoms with E-state index in [9.17, 15) is 39.5 Å². The van der Waals surface area contributed by atoms with Crippen LogP contribution in [0.3, 0.4) is 0 Å². The number of nitrogens with two attached hydrogens (primary N) is 1. The van der Waals surface area contributed by atoms with Crippen LogP contribution in [-0.4, -0.2) is 44.8 Å². The first kappa shape index (κ1) is 35.4. The molecule has 17 heteroatoms. The van der Waals surface area contributed by atoms with Gasteiger partial charge in [0.1, 0.15) is 0 Å². The lowest BCUT2D eigenvalue weighted by Crippen LogP contribution is -2.29. The normalized spacial score (nSPS) is 17.8. The Hall–Kier alpha value is -3.47. The predicted molar refractivity (Wildman–Crippen MR) is 150 cm³/mol. The largest absolute Gasteiger partial charge is 0.417 e. The molecule has 0 bridgehead atoms. The van der Waals surface area contributed by atoms with E-state index >= 15 is 0 Å². The third-order valence-corrected chi connectivity index (χ3v) is 8.06. The third-order valence-electron chi connectivity index (χ3n) is 8.06. The van der Waals surface area contributed by atoms with Gasteiger partial charge in [-0.2, -0.15) is 44.3 Å². The number of anilines is 1. The molecule has 8 nitrogen and oxygen atoms in total. The topological polar surface area (TPSA) is 97.8 Å². The van der Waals surface area contributed by atoms with Gasteiger partial charge in [-0.05, 0) is 84.8 Å². The summed E-state index contributed by atoms with van der Waals surface area (Å²) >= 11 is 0. The molecule has 0 atom stereocenters. The summed E-state index contributed by atoms with van der Waals surface area (Å²) in [5.41, 5.74) is 1.50. The van der Waals surface area contributed by atoms with Crippen LogP contribution in [0.25, 0.3) is 0 Å². The fraction of sp³-hybridized carbons (Fsp3) is 0.586. The van der Waals surface area contributed by atoms with E-state index in [1.807, 2.05) is 0 Å². The second kappa shape index (κ2) is 14.5. The summed E-state index contributed by atoms with van der Waals surface area (Å²) in [6.45, 7) is 0.771. The number of halogens is 9. The van der Waals surface area contributed by atoms with Crippen molar-refractivity contribution < 1.29 is 39.5 Å². The molecular weight excluding hydrogens is 631 g/mol. The summed E-state index contributed by atoms with van der Waals surface area (Å²) in [6, 6.07) is 1.98. The first-order chi connectivity index (χ1) is 21.5. The van der Waals surface area contributed by atoms with Crippen molar-refractivity contribution in [3.8, 4) is 0 Å². The van der Waals surface area contributed by atoms with Crippen molar-refractivity contribution in [2.24, 2.45) is 24.6 Å². The van der Waals surface area contributed by atoms with Gasteiger partial charge in [-0.15, -0.1) is 5.10 Å². The quantitative estimate of drug-likeness (QED) is 0.177. The van der Waals surface area contributed by atoms with E-state index in [2.05, 4.69) is 25.7 Å². The van der Waals surface area contributed by atoms with Crippen molar-refractivity contribution >= 4 is 5.95 Å². The summed E-state index contributed by atoms with van der Waals surface area (Å²) < 4.78 is 122. The van der Waals surface area contributed by atoms with Crippen molar-refractivity contribution in [3.05, 3.63) is 64.0 Å². The summed E-state index contributed by atoms with van der Waals surface area (Å²) in [5, 5.41) is 14.8. The van der Waals surface area contributed by atoms with E-state index in [0.717, 1.165) is 54.4 Å². The van der Waals surface area contributed by atoms with Crippen LogP contribution in [0.2, 0.25) is 0 Å². The van der Waals surface area contributed by atoms with E-state index in [-0.39, 0.29) is 29.7 Å². The molecule has 254 valence electrons. The van der Waals surface area contributed by atoms with E-state index in [4.69, 9.17) is 5.73 Å². The molecule has 2 heterocycles. The highest BCUT2D eigenvalue weighted by atomic mass is 19.4. The van der Waals surface area contributed by atoms with E-state index in [0.29, 0.717) is 43.3 Å². The Bertz CT molecular complexity index is 1400. The number of hydrogen-bond donors (Lipinski definition) is 2. The van der Waals surface area contributed by atoms with Gasteiger partial charge >= 0.3 is 18.5 Å². The molecule has 0 aliphatic heterocycles. The number of nitrogens with one attached hydrogen (secondary N) is 1. The monoisotopic (exact) mass is 666 g/mol. The molecule has 1 aliphatic rings. The zero-order chi connectivity index (χ0) is 33.7. The Balaban J connectivity index is 1.58. The molecule has 4 rings (SSSR count). The van der Waals surface area contributed by atoms with E-state index < -0.39 is 53.9 Å². The van der Waals surface area contributed by atoms with Crippen LogP contribution in [0, 0.1) is 11.8 Å². The fourth-order valence-electron chi connectivity index (χ4n) is 5.66. The Morgan fingerprint density at radius 1 is 0.848 bits per heavy atom. The van der Waals surface area contributed by atoms with Crippen molar-refractivity contribution in [1.29, 1.82) is 0 Å². The predicted octanol–water partition coefficient (Wildman–Crippen LogP) is 6.16. The van der Waals surface area contributed by atoms with Crippen LogP contribution in [0.4, 0.5) is 45.5 Å². The highest BCUT2D eigenvalue weighted by molar-refractivity contribution is 5.39. The SMILES string of the molecule is Cn1nnc(N(Cc2cc(C(F)(F)F)cc(C(F)(F)F)c2)Cc2cc(C(F)(F)F)cnc2CCNC[C@H]2CC[C@H](CCN)CC2)n1. The first-order valence-electron chi connectivity index (χ1n) is 14.8. The molecule has 1 aliphatic carbocycles. The second-order valence-corrected chi connectivity index (χ2v) is 11.6. The van der Waals surface area contributed by atoms with Gasteiger partial charge in [-0.1, -0.05) is 17.9 Å². The molecule has 1 aromatic carbocycles. The van der Waals surface area contributed by atoms with Crippen LogP contribution < -0.4 is 16.0 Å². The number of nitrogens with zero attached hydrogens (tertiary/aromatic N) is 6. The van der Waals surface area contributed by atoms with Crippen LogP contribution in [-0.2, 0) is 45.1 Å².